The fourth-order valence-electron chi connectivity index (χ4n) is 3.25. The Morgan fingerprint density at radius 2 is 1.70 bits per heavy atom. The molecule has 2 nitrogen and oxygen atoms in total. The largest absolute Gasteiger partial charge is 0.310 e. The molecule has 20 heavy (non-hydrogen) atoms. The molecule has 0 saturated heterocycles. The molecule has 0 atom stereocenters. The van der Waals surface area contributed by atoms with Crippen molar-refractivity contribution in [1.29, 1.82) is 0 Å². The van der Waals surface area contributed by atoms with Gasteiger partial charge in [0, 0.05) is 19.1 Å². The number of hydrogen-bond acceptors (Lipinski definition) is 2. The Morgan fingerprint density at radius 1 is 1.05 bits per heavy atom. The first-order valence-corrected chi connectivity index (χ1v) is 8.14. The molecule has 1 aromatic carbocycles. The minimum absolute atomic E-state index is 0.727. The van der Waals surface area contributed by atoms with Gasteiger partial charge in [-0.1, -0.05) is 37.6 Å². The lowest BCUT2D eigenvalue weighted by Crippen LogP contribution is -2.33. The molecule has 1 N–H and O–H groups in total. The van der Waals surface area contributed by atoms with E-state index in [0.29, 0.717) is 0 Å². The number of nitrogens with one attached hydrogen (secondary N) is 1. The Kier molecular flexibility index (Phi) is 6.06. The Balaban J connectivity index is 1.85. The Bertz CT molecular complexity index is 392. The summed E-state index contributed by atoms with van der Waals surface area (Å²) in [6.45, 7) is 4.38. The van der Waals surface area contributed by atoms with Crippen LogP contribution in [0.25, 0.3) is 0 Å². The average molecular weight is 274 g/mol. The third kappa shape index (κ3) is 4.60. The zero-order valence-corrected chi connectivity index (χ0v) is 13.4. The first kappa shape index (κ1) is 15.5. The summed E-state index contributed by atoms with van der Waals surface area (Å²) in [5.74, 6) is 0.981. The van der Waals surface area contributed by atoms with E-state index in [4.69, 9.17) is 0 Å². The van der Waals surface area contributed by atoms with Crippen LogP contribution in [0, 0.1) is 5.92 Å². The molecular weight excluding hydrogens is 244 g/mol. The molecule has 1 aromatic rings. The van der Waals surface area contributed by atoms with Gasteiger partial charge in [-0.15, -0.1) is 0 Å². The van der Waals surface area contributed by atoms with Crippen LogP contribution >= 0.6 is 0 Å². The maximum absolute atomic E-state index is 3.78. The van der Waals surface area contributed by atoms with E-state index in [2.05, 4.69) is 55.5 Å². The molecule has 1 aliphatic rings. The minimum Gasteiger partial charge on any atom is -0.310 e. The van der Waals surface area contributed by atoms with Gasteiger partial charge < -0.3 is 10.2 Å². The van der Waals surface area contributed by atoms with Crippen molar-refractivity contribution < 1.29 is 0 Å². The van der Waals surface area contributed by atoms with Crippen LogP contribution in [0.1, 0.15) is 50.2 Å². The van der Waals surface area contributed by atoms with Gasteiger partial charge in [0.05, 0.1) is 0 Å². The van der Waals surface area contributed by atoms with Gasteiger partial charge in [-0.2, -0.15) is 0 Å². The van der Waals surface area contributed by atoms with Crippen LogP contribution < -0.4 is 5.32 Å². The second kappa shape index (κ2) is 7.80. The van der Waals surface area contributed by atoms with E-state index in [1.807, 2.05) is 0 Å². The number of nitrogens with zero attached hydrogens (tertiary/aromatic N) is 1. The lowest BCUT2D eigenvalue weighted by atomic mass is 9.84. The first-order valence-electron chi connectivity index (χ1n) is 8.14. The van der Waals surface area contributed by atoms with Crippen LogP contribution in [0.15, 0.2) is 24.3 Å². The summed E-state index contributed by atoms with van der Waals surface area (Å²) in [7, 11) is 4.27. The summed E-state index contributed by atoms with van der Waals surface area (Å²) in [5.41, 5.74) is 2.91. The van der Waals surface area contributed by atoms with Crippen molar-refractivity contribution in [3.05, 3.63) is 35.4 Å². The molecule has 0 radical (unpaired) electrons. The van der Waals surface area contributed by atoms with Gasteiger partial charge in [0.25, 0.3) is 0 Å². The molecule has 0 amide bonds. The van der Waals surface area contributed by atoms with Crippen molar-refractivity contribution in [2.45, 2.75) is 58.2 Å². The van der Waals surface area contributed by atoms with E-state index in [1.54, 1.807) is 0 Å². The first-order chi connectivity index (χ1) is 9.69. The second-order valence-electron chi connectivity index (χ2n) is 6.51. The van der Waals surface area contributed by atoms with Crippen molar-refractivity contribution in [3.63, 3.8) is 0 Å². The van der Waals surface area contributed by atoms with Crippen LogP contribution in [0.3, 0.4) is 0 Å². The molecule has 0 unspecified atom stereocenters. The predicted octanol–water partition coefficient (Wildman–Crippen LogP) is 3.81. The monoisotopic (exact) mass is 274 g/mol. The number of rotatable bonds is 6. The predicted molar refractivity (Wildman–Crippen MR) is 86.7 cm³/mol. The molecule has 2 rings (SSSR count). The van der Waals surface area contributed by atoms with Crippen LogP contribution in [0.2, 0.25) is 0 Å². The van der Waals surface area contributed by atoms with Crippen molar-refractivity contribution in [2.24, 2.45) is 5.92 Å². The van der Waals surface area contributed by atoms with E-state index in [1.165, 1.54) is 43.2 Å². The quantitative estimate of drug-likeness (QED) is 0.848. The van der Waals surface area contributed by atoms with Crippen LogP contribution in [0.4, 0.5) is 0 Å². The van der Waals surface area contributed by atoms with Gasteiger partial charge in [-0.05, 0) is 56.8 Å². The molecule has 0 heterocycles. The highest BCUT2D eigenvalue weighted by Gasteiger charge is 2.19. The Hall–Kier alpha value is -0.860. The van der Waals surface area contributed by atoms with Gasteiger partial charge >= 0.3 is 0 Å². The SMILES string of the molecule is CCC1CCC(NCc2ccccc2CN(C)C)CC1. The molecule has 0 spiro atoms. The summed E-state index contributed by atoms with van der Waals surface area (Å²) in [6, 6.07) is 9.55. The van der Waals surface area contributed by atoms with E-state index in [9.17, 15) is 0 Å². The maximum atomic E-state index is 3.78. The lowest BCUT2D eigenvalue weighted by molar-refractivity contribution is 0.285. The zero-order chi connectivity index (χ0) is 14.4. The van der Waals surface area contributed by atoms with Gasteiger partial charge in [-0.25, -0.2) is 0 Å². The van der Waals surface area contributed by atoms with E-state index < -0.39 is 0 Å². The number of hydrogen-bond donors (Lipinski definition) is 1. The average Bonchev–Trinajstić information content (AvgIpc) is 2.46. The third-order valence-electron chi connectivity index (χ3n) is 4.61. The molecule has 1 saturated carbocycles. The Morgan fingerprint density at radius 3 is 2.30 bits per heavy atom. The van der Waals surface area contributed by atoms with Crippen LogP contribution in [-0.4, -0.2) is 25.0 Å². The molecule has 1 aliphatic carbocycles. The molecule has 1 fully saturated rings. The van der Waals surface area contributed by atoms with Crippen molar-refractivity contribution in [2.75, 3.05) is 14.1 Å². The summed E-state index contributed by atoms with van der Waals surface area (Å²) in [5, 5.41) is 3.78. The minimum atomic E-state index is 0.727. The van der Waals surface area contributed by atoms with Gasteiger partial charge in [-0.3, -0.25) is 0 Å². The van der Waals surface area contributed by atoms with Gasteiger partial charge in [0.2, 0.25) is 0 Å². The topological polar surface area (TPSA) is 15.3 Å². The third-order valence-corrected chi connectivity index (χ3v) is 4.61. The summed E-state index contributed by atoms with van der Waals surface area (Å²) < 4.78 is 0. The number of benzene rings is 1. The molecule has 112 valence electrons. The second-order valence-corrected chi connectivity index (χ2v) is 6.51. The van der Waals surface area contributed by atoms with Crippen molar-refractivity contribution in [1.82, 2.24) is 10.2 Å². The summed E-state index contributed by atoms with van der Waals surface area (Å²) in [4.78, 5) is 2.24. The standard InChI is InChI=1S/C18H30N2/c1-4-15-9-11-18(12-10-15)19-13-16-7-5-6-8-17(16)14-20(2)3/h5-8,15,18-19H,4,9-14H2,1-3H3. The lowest BCUT2D eigenvalue weighted by Gasteiger charge is -2.29. The highest BCUT2D eigenvalue weighted by atomic mass is 15.0. The molecule has 2 heteroatoms. The molecule has 0 bridgehead atoms. The van der Waals surface area contributed by atoms with Crippen molar-refractivity contribution in [3.8, 4) is 0 Å². The molecule has 0 aromatic heterocycles. The van der Waals surface area contributed by atoms with E-state index in [0.717, 1.165) is 25.0 Å². The molecule has 0 aliphatic heterocycles. The van der Waals surface area contributed by atoms with Gasteiger partial charge in [0.15, 0.2) is 0 Å². The van der Waals surface area contributed by atoms with Crippen molar-refractivity contribution >= 4 is 0 Å². The van der Waals surface area contributed by atoms with Gasteiger partial charge in [0.1, 0.15) is 0 Å². The zero-order valence-electron chi connectivity index (χ0n) is 13.4. The highest BCUT2D eigenvalue weighted by molar-refractivity contribution is 5.27. The van der Waals surface area contributed by atoms with E-state index >= 15 is 0 Å². The Labute approximate surface area is 124 Å². The van der Waals surface area contributed by atoms with E-state index in [-0.39, 0.29) is 0 Å². The summed E-state index contributed by atoms with van der Waals surface area (Å²) >= 11 is 0. The fraction of sp³-hybridized carbons (Fsp3) is 0.667. The summed E-state index contributed by atoms with van der Waals surface area (Å²) in [6.07, 6.45) is 6.89. The maximum Gasteiger partial charge on any atom is 0.0230 e. The van der Waals surface area contributed by atoms with Crippen LogP contribution in [0.5, 0.6) is 0 Å². The highest BCUT2D eigenvalue weighted by Crippen LogP contribution is 2.26. The molecular formula is C18H30N2. The smallest absolute Gasteiger partial charge is 0.0230 e. The fourth-order valence-corrected chi connectivity index (χ4v) is 3.25. The van der Waals surface area contributed by atoms with Crippen LogP contribution in [-0.2, 0) is 13.1 Å². The normalized spacial score (nSPS) is 23.2.